The molecule has 0 aliphatic heterocycles. The van der Waals surface area contributed by atoms with Crippen LogP contribution in [0.15, 0.2) is 35.3 Å². The lowest BCUT2D eigenvalue weighted by Crippen LogP contribution is -2.25. The molecular weight excluding hydrogens is 384 g/mol. The van der Waals surface area contributed by atoms with Gasteiger partial charge in [0.15, 0.2) is 0 Å². The van der Waals surface area contributed by atoms with Crippen LogP contribution in [-0.4, -0.2) is 6.61 Å². The first-order chi connectivity index (χ1) is 12.8. The highest BCUT2D eigenvalue weighted by Gasteiger charge is 2.30. The normalized spacial score (nSPS) is 29.8. The van der Waals surface area contributed by atoms with Crippen LogP contribution < -0.4 is 4.74 Å². The zero-order valence-corrected chi connectivity index (χ0v) is 17.9. The summed E-state index contributed by atoms with van der Waals surface area (Å²) in [5, 5.41) is 0. The van der Waals surface area contributed by atoms with Crippen molar-refractivity contribution in [3.63, 3.8) is 0 Å². The van der Waals surface area contributed by atoms with E-state index in [9.17, 15) is 0 Å². The van der Waals surface area contributed by atoms with Crippen LogP contribution in [0.25, 0.3) is 0 Å². The highest BCUT2D eigenvalue weighted by Crippen LogP contribution is 2.42. The van der Waals surface area contributed by atoms with Crippen LogP contribution in [-0.2, 0) is 6.42 Å². The Morgan fingerprint density at radius 3 is 2.12 bits per heavy atom. The summed E-state index contributed by atoms with van der Waals surface area (Å²) in [4.78, 5) is 2.06. The smallest absolute Gasteiger partial charge is 0.119 e. The third kappa shape index (κ3) is 5.87. The summed E-state index contributed by atoms with van der Waals surface area (Å²) in [5.74, 6) is 4.81. The minimum absolute atomic E-state index is 0.747. The van der Waals surface area contributed by atoms with Gasteiger partial charge in [0.05, 0.1) is 6.61 Å². The molecule has 1 aromatic rings. The molecule has 0 aromatic heterocycles. The number of aryl methyl sites for hydroxylation is 1. The summed E-state index contributed by atoms with van der Waals surface area (Å²) in [6.45, 7) is 2.79. The fourth-order valence-corrected chi connectivity index (χ4v) is 5.58. The molecule has 1 aromatic carbocycles. The SMILES string of the molecule is CCOc1ccc(CCC2CCC(C3CCC(C=CBr)CC3)CC2)cc1. The molecule has 2 aliphatic carbocycles. The number of halogens is 1. The van der Waals surface area contributed by atoms with Crippen molar-refractivity contribution in [3.8, 4) is 5.75 Å². The lowest BCUT2D eigenvalue weighted by Gasteiger charge is -2.37. The average molecular weight is 419 g/mol. The Morgan fingerprint density at radius 1 is 0.923 bits per heavy atom. The van der Waals surface area contributed by atoms with Crippen molar-refractivity contribution in [2.24, 2.45) is 23.7 Å². The summed E-state index contributed by atoms with van der Waals surface area (Å²) in [7, 11) is 0. The Labute approximate surface area is 168 Å². The van der Waals surface area contributed by atoms with E-state index in [4.69, 9.17) is 4.74 Å². The first kappa shape index (κ1) is 20.0. The topological polar surface area (TPSA) is 9.23 Å². The first-order valence-electron chi connectivity index (χ1n) is 10.8. The van der Waals surface area contributed by atoms with E-state index in [1.807, 2.05) is 6.92 Å². The molecule has 0 spiro atoms. The van der Waals surface area contributed by atoms with Crippen LogP contribution in [0, 0.1) is 23.7 Å². The van der Waals surface area contributed by atoms with Crippen molar-refractivity contribution in [1.82, 2.24) is 0 Å². The zero-order chi connectivity index (χ0) is 18.2. The van der Waals surface area contributed by atoms with Gasteiger partial charge in [-0.1, -0.05) is 47.0 Å². The number of hydrogen-bond donors (Lipinski definition) is 0. The summed E-state index contributed by atoms with van der Waals surface area (Å²) in [6.07, 6.45) is 16.6. The lowest BCUT2D eigenvalue weighted by molar-refractivity contribution is 0.153. The van der Waals surface area contributed by atoms with E-state index >= 15 is 0 Å². The van der Waals surface area contributed by atoms with Gasteiger partial charge in [0.2, 0.25) is 0 Å². The van der Waals surface area contributed by atoms with Gasteiger partial charge < -0.3 is 4.74 Å². The second-order valence-electron chi connectivity index (χ2n) is 8.39. The van der Waals surface area contributed by atoms with Gasteiger partial charge in [0.1, 0.15) is 5.75 Å². The summed E-state index contributed by atoms with van der Waals surface area (Å²) in [5.41, 5.74) is 1.47. The number of hydrogen-bond acceptors (Lipinski definition) is 1. The fraction of sp³-hybridized carbons (Fsp3) is 0.667. The molecule has 26 heavy (non-hydrogen) atoms. The van der Waals surface area contributed by atoms with Crippen molar-refractivity contribution < 1.29 is 4.74 Å². The zero-order valence-electron chi connectivity index (χ0n) is 16.3. The predicted molar refractivity (Wildman–Crippen MR) is 115 cm³/mol. The highest BCUT2D eigenvalue weighted by molar-refractivity contribution is 9.11. The maximum Gasteiger partial charge on any atom is 0.119 e. The fourth-order valence-electron chi connectivity index (χ4n) is 5.15. The molecule has 2 aliphatic rings. The second kappa shape index (κ2) is 10.5. The minimum atomic E-state index is 0.747. The maximum absolute atomic E-state index is 5.54. The van der Waals surface area contributed by atoms with Gasteiger partial charge in [-0.15, -0.1) is 0 Å². The Bertz CT molecular complexity index is 534. The molecule has 0 bridgehead atoms. The van der Waals surface area contributed by atoms with E-state index in [-0.39, 0.29) is 0 Å². The lowest BCUT2D eigenvalue weighted by atomic mass is 9.68. The number of allylic oxidation sites excluding steroid dienone is 1. The van der Waals surface area contributed by atoms with Crippen LogP contribution in [0.5, 0.6) is 5.75 Å². The second-order valence-corrected chi connectivity index (χ2v) is 8.92. The van der Waals surface area contributed by atoms with Gasteiger partial charge in [-0.05, 0) is 105 Å². The molecule has 0 amide bonds. The van der Waals surface area contributed by atoms with E-state index in [2.05, 4.69) is 51.3 Å². The quantitative estimate of drug-likeness (QED) is 0.444. The standard InChI is InChI=1S/C24H35BrO/c1-2-26-24-15-9-20(10-16-24)4-3-19-5-11-22(12-6-19)23-13-7-21(8-14-23)17-18-25/h9-10,15-19,21-23H,2-8,11-14H2,1H3. The van der Waals surface area contributed by atoms with E-state index < -0.39 is 0 Å². The number of benzene rings is 1. The van der Waals surface area contributed by atoms with Gasteiger partial charge in [-0.25, -0.2) is 0 Å². The van der Waals surface area contributed by atoms with Gasteiger partial charge in [-0.3, -0.25) is 0 Å². The van der Waals surface area contributed by atoms with Crippen molar-refractivity contribution >= 4 is 15.9 Å². The van der Waals surface area contributed by atoms with Crippen molar-refractivity contribution in [3.05, 3.63) is 40.9 Å². The van der Waals surface area contributed by atoms with Crippen molar-refractivity contribution in [2.45, 2.75) is 71.1 Å². The number of ether oxygens (including phenoxy) is 1. The molecule has 0 atom stereocenters. The van der Waals surface area contributed by atoms with Crippen molar-refractivity contribution in [1.29, 1.82) is 0 Å². The molecule has 0 N–H and O–H groups in total. The van der Waals surface area contributed by atoms with E-state index in [1.165, 1.54) is 69.8 Å². The molecule has 144 valence electrons. The van der Waals surface area contributed by atoms with Gasteiger partial charge in [-0.2, -0.15) is 0 Å². The number of rotatable bonds is 7. The molecular formula is C24H35BrO. The first-order valence-corrected chi connectivity index (χ1v) is 11.7. The molecule has 2 fully saturated rings. The Kier molecular flexibility index (Phi) is 8.10. The van der Waals surface area contributed by atoms with E-state index in [0.717, 1.165) is 36.0 Å². The molecule has 2 saturated carbocycles. The molecule has 2 heteroatoms. The summed E-state index contributed by atoms with van der Waals surface area (Å²) >= 11 is 3.44. The van der Waals surface area contributed by atoms with Crippen molar-refractivity contribution in [2.75, 3.05) is 6.61 Å². The molecule has 0 heterocycles. The average Bonchev–Trinajstić information content (AvgIpc) is 2.69. The third-order valence-electron chi connectivity index (χ3n) is 6.80. The third-order valence-corrected chi connectivity index (χ3v) is 7.10. The van der Waals surface area contributed by atoms with Crippen LogP contribution in [0.1, 0.15) is 70.3 Å². The molecule has 0 unspecified atom stereocenters. The van der Waals surface area contributed by atoms with Crippen LogP contribution in [0.2, 0.25) is 0 Å². The summed E-state index contributed by atoms with van der Waals surface area (Å²) in [6, 6.07) is 8.74. The maximum atomic E-state index is 5.54. The minimum Gasteiger partial charge on any atom is -0.494 e. The van der Waals surface area contributed by atoms with Gasteiger partial charge >= 0.3 is 0 Å². The molecule has 1 nitrogen and oxygen atoms in total. The predicted octanol–water partition coefficient (Wildman–Crippen LogP) is 7.54. The van der Waals surface area contributed by atoms with Gasteiger partial charge in [0.25, 0.3) is 0 Å². The monoisotopic (exact) mass is 418 g/mol. The van der Waals surface area contributed by atoms with Crippen LogP contribution in [0.4, 0.5) is 0 Å². The molecule has 0 saturated heterocycles. The summed E-state index contributed by atoms with van der Waals surface area (Å²) < 4.78 is 5.54. The van der Waals surface area contributed by atoms with E-state index in [0.29, 0.717) is 0 Å². The van der Waals surface area contributed by atoms with Gasteiger partial charge in [0, 0.05) is 0 Å². The largest absolute Gasteiger partial charge is 0.494 e. The molecule has 3 rings (SSSR count). The van der Waals surface area contributed by atoms with Crippen LogP contribution >= 0.6 is 15.9 Å². The van der Waals surface area contributed by atoms with E-state index in [1.54, 1.807) is 0 Å². The Hall–Kier alpha value is -0.760. The molecule has 0 radical (unpaired) electrons. The Morgan fingerprint density at radius 2 is 1.54 bits per heavy atom. The highest BCUT2D eigenvalue weighted by atomic mass is 79.9. The Balaban J connectivity index is 1.36. The van der Waals surface area contributed by atoms with Crippen LogP contribution in [0.3, 0.4) is 0 Å².